The molecule has 0 aliphatic carbocycles. The van der Waals surface area contributed by atoms with Crippen molar-refractivity contribution in [3.05, 3.63) is 88.7 Å². The number of methoxy groups -OCH3 is 1. The molecule has 0 unspecified atom stereocenters. The standard InChI is InChI=1S/C30H35N3O3/c1-3-4-5-6-7-10-21-36-26-17-13-23(14-18-26)22-31-33-29(24-15-19-25(35-2)20-16-24)32-28-12-9-8-11-27(28)30(33)34/h8-9,11-20,31H,3-7,10,21-22H2,1-2H3. The highest BCUT2D eigenvalue weighted by Gasteiger charge is 2.13. The van der Waals surface area contributed by atoms with Crippen molar-refractivity contribution in [2.24, 2.45) is 0 Å². The largest absolute Gasteiger partial charge is 0.497 e. The molecule has 0 aliphatic rings. The lowest BCUT2D eigenvalue weighted by Crippen LogP contribution is -2.31. The Morgan fingerprint density at radius 3 is 2.28 bits per heavy atom. The third-order valence-corrected chi connectivity index (χ3v) is 6.26. The Morgan fingerprint density at radius 2 is 1.53 bits per heavy atom. The van der Waals surface area contributed by atoms with E-state index in [-0.39, 0.29) is 5.56 Å². The van der Waals surface area contributed by atoms with Gasteiger partial charge < -0.3 is 14.9 Å². The minimum atomic E-state index is -0.134. The number of hydrogen-bond acceptors (Lipinski definition) is 5. The van der Waals surface area contributed by atoms with Gasteiger partial charge in [0.2, 0.25) is 0 Å². The van der Waals surface area contributed by atoms with Crippen molar-refractivity contribution in [3.63, 3.8) is 0 Å². The Hall–Kier alpha value is -3.80. The molecule has 0 bridgehead atoms. The number of fused-ring (bicyclic) bond motifs is 1. The summed E-state index contributed by atoms with van der Waals surface area (Å²) in [7, 11) is 1.63. The van der Waals surface area contributed by atoms with Crippen LogP contribution in [-0.4, -0.2) is 23.4 Å². The molecule has 0 spiro atoms. The molecule has 0 amide bonds. The summed E-state index contributed by atoms with van der Waals surface area (Å²) in [6, 6.07) is 23.0. The summed E-state index contributed by atoms with van der Waals surface area (Å²) in [6.07, 6.45) is 7.48. The number of benzene rings is 3. The lowest BCUT2D eigenvalue weighted by Gasteiger charge is -2.16. The lowest BCUT2D eigenvalue weighted by molar-refractivity contribution is 0.304. The van der Waals surface area contributed by atoms with Crippen LogP contribution in [0.1, 0.15) is 51.0 Å². The van der Waals surface area contributed by atoms with Crippen LogP contribution in [0.2, 0.25) is 0 Å². The quantitative estimate of drug-likeness (QED) is 0.217. The highest BCUT2D eigenvalue weighted by Crippen LogP contribution is 2.22. The maximum Gasteiger partial charge on any atom is 0.280 e. The van der Waals surface area contributed by atoms with Crippen LogP contribution in [-0.2, 0) is 6.54 Å². The lowest BCUT2D eigenvalue weighted by atomic mass is 10.1. The van der Waals surface area contributed by atoms with Gasteiger partial charge in [-0.3, -0.25) is 4.79 Å². The second-order valence-electron chi connectivity index (χ2n) is 8.92. The van der Waals surface area contributed by atoms with E-state index in [2.05, 4.69) is 12.3 Å². The molecule has 0 radical (unpaired) electrons. The summed E-state index contributed by atoms with van der Waals surface area (Å²) in [6.45, 7) is 3.45. The first-order valence-electron chi connectivity index (χ1n) is 12.8. The number of ether oxygens (including phenoxy) is 2. The van der Waals surface area contributed by atoms with Gasteiger partial charge in [0.25, 0.3) is 5.56 Å². The van der Waals surface area contributed by atoms with Crippen molar-refractivity contribution < 1.29 is 9.47 Å². The summed E-state index contributed by atoms with van der Waals surface area (Å²) < 4.78 is 12.7. The first-order chi connectivity index (χ1) is 17.7. The van der Waals surface area contributed by atoms with Gasteiger partial charge in [0.05, 0.1) is 31.2 Å². The van der Waals surface area contributed by atoms with E-state index in [1.54, 1.807) is 13.2 Å². The zero-order valence-electron chi connectivity index (χ0n) is 21.2. The van der Waals surface area contributed by atoms with Crippen molar-refractivity contribution in [1.29, 1.82) is 0 Å². The molecule has 0 atom stereocenters. The van der Waals surface area contributed by atoms with Crippen molar-refractivity contribution >= 4 is 10.9 Å². The minimum Gasteiger partial charge on any atom is -0.497 e. The van der Waals surface area contributed by atoms with E-state index < -0.39 is 0 Å². The highest BCUT2D eigenvalue weighted by atomic mass is 16.5. The fraction of sp³-hybridized carbons (Fsp3) is 0.333. The molecular formula is C30H35N3O3. The van der Waals surface area contributed by atoms with Gasteiger partial charge in [-0.2, -0.15) is 0 Å². The van der Waals surface area contributed by atoms with Gasteiger partial charge in [0, 0.05) is 5.56 Å². The van der Waals surface area contributed by atoms with Gasteiger partial charge in [0.1, 0.15) is 11.5 Å². The number of nitrogens with one attached hydrogen (secondary N) is 1. The smallest absolute Gasteiger partial charge is 0.280 e. The monoisotopic (exact) mass is 485 g/mol. The summed E-state index contributed by atoms with van der Waals surface area (Å²) in [5.74, 6) is 2.18. The van der Waals surface area contributed by atoms with E-state index in [4.69, 9.17) is 14.5 Å². The van der Waals surface area contributed by atoms with E-state index in [1.165, 1.54) is 36.8 Å². The molecule has 1 aromatic heterocycles. The average Bonchev–Trinajstić information content (AvgIpc) is 2.93. The molecule has 0 fully saturated rings. The highest BCUT2D eigenvalue weighted by molar-refractivity contribution is 5.79. The second kappa shape index (κ2) is 12.8. The number of rotatable bonds is 13. The molecule has 0 saturated heterocycles. The zero-order chi connectivity index (χ0) is 25.2. The Bertz CT molecular complexity index is 1300. The number of aromatic nitrogens is 2. The van der Waals surface area contributed by atoms with Crippen LogP contribution in [0.3, 0.4) is 0 Å². The van der Waals surface area contributed by atoms with E-state index in [0.717, 1.165) is 35.7 Å². The molecule has 0 aliphatic heterocycles. The number of hydrogen-bond donors (Lipinski definition) is 1. The predicted molar refractivity (Wildman–Crippen MR) is 146 cm³/mol. The molecule has 36 heavy (non-hydrogen) atoms. The maximum absolute atomic E-state index is 13.4. The molecule has 6 nitrogen and oxygen atoms in total. The van der Waals surface area contributed by atoms with Gasteiger partial charge in [-0.05, 0) is 60.5 Å². The molecule has 188 valence electrons. The number of nitrogens with zero attached hydrogens (tertiary/aromatic N) is 2. The Kier molecular flexibility index (Phi) is 8.98. The second-order valence-corrected chi connectivity index (χ2v) is 8.92. The van der Waals surface area contributed by atoms with Gasteiger partial charge in [-0.1, -0.05) is 63.3 Å². The summed E-state index contributed by atoms with van der Waals surface area (Å²) in [4.78, 5) is 18.2. The molecule has 6 heteroatoms. The fourth-order valence-electron chi connectivity index (χ4n) is 4.16. The van der Waals surface area contributed by atoms with Crippen LogP contribution in [0.5, 0.6) is 11.5 Å². The Labute approximate surface area is 212 Å². The number of unbranched alkanes of at least 4 members (excludes halogenated alkanes) is 5. The van der Waals surface area contributed by atoms with Crippen molar-refractivity contribution in [2.75, 3.05) is 19.1 Å². The molecule has 1 heterocycles. The predicted octanol–water partition coefficient (Wildman–Crippen LogP) is 6.56. The molecular weight excluding hydrogens is 450 g/mol. The first-order valence-corrected chi connectivity index (χ1v) is 12.8. The van der Waals surface area contributed by atoms with Gasteiger partial charge in [-0.25, -0.2) is 9.66 Å². The first kappa shape index (κ1) is 25.3. The van der Waals surface area contributed by atoms with Gasteiger partial charge in [0.15, 0.2) is 5.82 Å². The Balaban J connectivity index is 1.45. The van der Waals surface area contributed by atoms with Crippen LogP contribution in [0.4, 0.5) is 0 Å². The summed E-state index contributed by atoms with van der Waals surface area (Å²) >= 11 is 0. The van der Waals surface area contributed by atoms with Crippen molar-refractivity contribution in [3.8, 4) is 22.9 Å². The average molecular weight is 486 g/mol. The van der Waals surface area contributed by atoms with E-state index in [9.17, 15) is 4.79 Å². The molecule has 4 aromatic rings. The van der Waals surface area contributed by atoms with Crippen molar-refractivity contribution in [2.45, 2.75) is 52.0 Å². The Morgan fingerprint density at radius 1 is 0.833 bits per heavy atom. The summed E-state index contributed by atoms with van der Waals surface area (Å²) in [5.41, 5.74) is 5.68. The van der Waals surface area contributed by atoms with E-state index in [0.29, 0.717) is 23.3 Å². The van der Waals surface area contributed by atoms with E-state index in [1.807, 2.05) is 66.7 Å². The topological polar surface area (TPSA) is 65.4 Å². The minimum absolute atomic E-state index is 0.134. The molecule has 3 aromatic carbocycles. The number of para-hydroxylation sites is 1. The van der Waals surface area contributed by atoms with Crippen LogP contribution in [0.15, 0.2) is 77.6 Å². The zero-order valence-corrected chi connectivity index (χ0v) is 21.2. The molecule has 0 saturated carbocycles. The van der Waals surface area contributed by atoms with Gasteiger partial charge >= 0.3 is 0 Å². The summed E-state index contributed by atoms with van der Waals surface area (Å²) in [5, 5.41) is 0.570. The normalized spacial score (nSPS) is 10.9. The van der Waals surface area contributed by atoms with Crippen LogP contribution in [0, 0.1) is 0 Å². The molecule has 4 rings (SSSR count). The SMILES string of the molecule is CCCCCCCCOc1ccc(CNn2c(-c3ccc(OC)cc3)nc3ccccc3c2=O)cc1. The fourth-order valence-corrected chi connectivity index (χ4v) is 4.16. The van der Waals surface area contributed by atoms with Crippen LogP contribution in [0.25, 0.3) is 22.3 Å². The van der Waals surface area contributed by atoms with Crippen LogP contribution < -0.4 is 20.5 Å². The molecule has 1 N–H and O–H groups in total. The third kappa shape index (κ3) is 6.45. The van der Waals surface area contributed by atoms with Crippen molar-refractivity contribution in [1.82, 2.24) is 9.66 Å². The van der Waals surface area contributed by atoms with Gasteiger partial charge in [-0.15, -0.1) is 0 Å². The van der Waals surface area contributed by atoms with E-state index >= 15 is 0 Å². The third-order valence-electron chi connectivity index (χ3n) is 6.26. The maximum atomic E-state index is 13.4. The van der Waals surface area contributed by atoms with Crippen LogP contribution >= 0.6 is 0 Å².